The molecule has 2 aliphatic rings. The van der Waals surface area contributed by atoms with Gasteiger partial charge < -0.3 is 10.6 Å². The van der Waals surface area contributed by atoms with E-state index in [9.17, 15) is 22.8 Å². The Hall–Kier alpha value is -3.58. The second-order valence-corrected chi connectivity index (χ2v) is 22.8. The molecule has 2 N–H and O–H groups in total. The summed E-state index contributed by atoms with van der Waals surface area (Å²) >= 11 is 6.47. The molecular weight excluding hydrogens is 833 g/mol. The second-order valence-electron chi connectivity index (χ2n) is 15.0. The van der Waals surface area contributed by atoms with Crippen LogP contribution >= 0.6 is 38.6 Å². The van der Waals surface area contributed by atoms with E-state index in [1.807, 2.05) is 57.2 Å². The average molecular weight is 880 g/mol. The Labute approximate surface area is 337 Å². The molecule has 0 amide bonds. The van der Waals surface area contributed by atoms with Crippen LogP contribution in [-0.2, 0) is 0 Å². The van der Waals surface area contributed by atoms with Crippen molar-refractivity contribution in [2.75, 3.05) is 10.6 Å². The smallest absolute Gasteiger partial charge is 0.248 e. The standard InChI is InChI=1S/C17H19F2N5S.C16H19BrF2N4S.C4H9NSi/c1-10(8-20)13-7-14(22-12-3-5-17(18,19)6-4-12)24-15(23-13)16-21-11(2)9-25-16;1-9-8-24-15(20-9)14-22-12(10(2)17)7-13(23-14)21-11-3-5-16(18,19)6-4-11;1-6(2,3)4-5/h7,9-10,12H,3-6H2,1-2H3,(H,22,23,24);7-8,10-11H,3-6H2,1-2H3,(H,21,22,23);1-3H3. The van der Waals surface area contributed by atoms with Crippen LogP contribution in [0.2, 0.25) is 19.6 Å². The number of aryl methyl sites for hydroxylation is 2. The molecule has 4 aromatic heterocycles. The molecule has 0 aliphatic heterocycles. The van der Waals surface area contributed by atoms with Crippen molar-refractivity contribution >= 4 is 58.3 Å². The monoisotopic (exact) mass is 878 g/mol. The van der Waals surface area contributed by atoms with E-state index < -0.39 is 19.9 Å². The third-order valence-corrected chi connectivity index (χ3v) is 11.7. The van der Waals surface area contributed by atoms with Gasteiger partial charge in [0, 0.05) is 77.7 Å². The van der Waals surface area contributed by atoms with E-state index in [4.69, 9.17) is 5.26 Å². The van der Waals surface area contributed by atoms with Gasteiger partial charge in [-0.05, 0) is 53.4 Å². The molecule has 2 unspecified atom stereocenters. The SMILES string of the molecule is C[Si](C)(C)C#N.Cc1csc(-c2nc(NC3CCC(F)(F)CC3)cc(C(C)Br)n2)n1.Cc1csc(-c2nc(NC3CCC(F)(F)CC3)cc(C(C)C#N)n2)n1. The third-order valence-electron chi connectivity index (χ3n) is 8.63. The Morgan fingerprint density at radius 3 is 1.44 bits per heavy atom. The number of anilines is 2. The minimum absolute atomic E-state index is 0.0175. The summed E-state index contributed by atoms with van der Waals surface area (Å²) in [5.41, 5.74) is 5.50. The van der Waals surface area contributed by atoms with Crippen molar-refractivity contribution in [1.82, 2.24) is 29.9 Å². The normalized spacial score (nSPS) is 17.9. The molecule has 18 heteroatoms. The lowest BCUT2D eigenvalue weighted by atomic mass is 9.92. The van der Waals surface area contributed by atoms with Crippen molar-refractivity contribution in [3.63, 3.8) is 0 Å². The molecule has 6 rings (SSSR count). The molecule has 296 valence electrons. The molecule has 0 aromatic carbocycles. The zero-order valence-electron chi connectivity index (χ0n) is 32.1. The maximum atomic E-state index is 13.3. The molecule has 2 fully saturated rings. The van der Waals surface area contributed by atoms with Crippen LogP contribution < -0.4 is 10.6 Å². The van der Waals surface area contributed by atoms with Gasteiger partial charge in [-0.2, -0.15) is 5.26 Å². The van der Waals surface area contributed by atoms with E-state index in [0.717, 1.165) is 22.1 Å². The first-order valence-corrected chi connectivity index (χ1v) is 24.3. The number of nitrogens with zero attached hydrogens (tertiary/aromatic N) is 8. The summed E-state index contributed by atoms with van der Waals surface area (Å²) in [5.74, 6) is -3.22. The molecule has 2 aliphatic carbocycles. The summed E-state index contributed by atoms with van der Waals surface area (Å²) in [6.45, 7) is 13.6. The second kappa shape index (κ2) is 19.0. The van der Waals surface area contributed by atoms with Crippen molar-refractivity contribution in [1.29, 1.82) is 10.5 Å². The van der Waals surface area contributed by atoms with Crippen molar-refractivity contribution in [2.24, 2.45) is 0 Å². The molecule has 0 saturated heterocycles. The van der Waals surface area contributed by atoms with Crippen LogP contribution in [0, 0.1) is 36.1 Å². The Kier molecular flexibility index (Phi) is 15.3. The predicted molar refractivity (Wildman–Crippen MR) is 218 cm³/mol. The summed E-state index contributed by atoms with van der Waals surface area (Å²) in [6.07, 6.45) is 1.30. The van der Waals surface area contributed by atoms with Gasteiger partial charge in [-0.3, -0.25) is 0 Å². The lowest BCUT2D eigenvalue weighted by Gasteiger charge is -2.29. The van der Waals surface area contributed by atoms with E-state index in [1.165, 1.54) is 22.7 Å². The lowest BCUT2D eigenvalue weighted by molar-refractivity contribution is -0.0366. The van der Waals surface area contributed by atoms with Crippen LogP contribution in [0.5, 0.6) is 0 Å². The first-order chi connectivity index (χ1) is 25.7. The number of rotatable bonds is 8. The highest BCUT2D eigenvalue weighted by Crippen LogP contribution is 2.36. The molecule has 4 heterocycles. The molecule has 0 spiro atoms. The first kappa shape index (κ1) is 44.1. The van der Waals surface area contributed by atoms with Gasteiger partial charge in [0.05, 0.1) is 28.2 Å². The van der Waals surface area contributed by atoms with Crippen LogP contribution in [0.1, 0.15) is 98.7 Å². The summed E-state index contributed by atoms with van der Waals surface area (Å²) in [6, 6.07) is 5.74. The molecule has 0 radical (unpaired) electrons. The number of aromatic nitrogens is 6. The van der Waals surface area contributed by atoms with Crippen LogP contribution in [0.15, 0.2) is 22.9 Å². The van der Waals surface area contributed by atoms with E-state index in [-0.39, 0.29) is 48.5 Å². The third kappa shape index (κ3) is 14.1. The summed E-state index contributed by atoms with van der Waals surface area (Å²) in [7, 11) is -1.33. The fourth-order valence-electron chi connectivity index (χ4n) is 5.46. The molecule has 4 aromatic rings. The van der Waals surface area contributed by atoms with E-state index >= 15 is 0 Å². The van der Waals surface area contributed by atoms with Crippen molar-refractivity contribution in [3.8, 4) is 33.4 Å². The van der Waals surface area contributed by atoms with E-state index in [2.05, 4.69) is 68.2 Å². The fraction of sp³-hybridized carbons (Fsp3) is 0.568. The maximum Gasteiger partial charge on any atom is 0.248 e. The fourth-order valence-corrected chi connectivity index (χ4v) is 7.15. The van der Waals surface area contributed by atoms with Gasteiger partial charge in [-0.15, -0.1) is 22.7 Å². The zero-order chi connectivity index (χ0) is 40.6. The predicted octanol–water partition coefficient (Wildman–Crippen LogP) is 11.3. The Balaban J connectivity index is 0.000000214. The number of hydrogen-bond donors (Lipinski definition) is 2. The van der Waals surface area contributed by atoms with Gasteiger partial charge >= 0.3 is 0 Å². The number of thiazole rings is 2. The van der Waals surface area contributed by atoms with Crippen LogP contribution in [-0.4, -0.2) is 61.9 Å². The first-order valence-electron chi connectivity index (χ1n) is 18.1. The minimum atomic E-state index is -2.56. The largest absolute Gasteiger partial charge is 0.367 e. The summed E-state index contributed by atoms with van der Waals surface area (Å²) in [4.78, 5) is 27.0. The summed E-state index contributed by atoms with van der Waals surface area (Å²) < 4.78 is 53.3. The van der Waals surface area contributed by atoms with Crippen LogP contribution in [0.3, 0.4) is 0 Å². The zero-order valence-corrected chi connectivity index (χ0v) is 36.3. The van der Waals surface area contributed by atoms with E-state index in [0.29, 0.717) is 59.7 Å². The topological polar surface area (TPSA) is 149 Å². The van der Waals surface area contributed by atoms with Gasteiger partial charge in [-0.25, -0.2) is 52.7 Å². The lowest BCUT2D eigenvalue weighted by Crippen LogP contribution is -2.32. The molecular formula is C37H47BrF4N10S2Si. The van der Waals surface area contributed by atoms with Crippen molar-refractivity contribution < 1.29 is 17.6 Å². The average Bonchev–Trinajstić information content (AvgIpc) is 3.78. The number of alkyl halides is 5. The number of halogens is 5. The quantitative estimate of drug-likeness (QED) is 0.0995. The highest BCUT2D eigenvalue weighted by atomic mass is 79.9. The number of nitrogens with one attached hydrogen (secondary N) is 2. The van der Waals surface area contributed by atoms with Gasteiger partial charge in [0.15, 0.2) is 29.7 Å². The molecule has 2 atom stereocenters. The maximum absolute atomic E-state index is 13.3. The van der Waals surface area contributed by atoms with Gasteiger partial charge in [0.2, 0.25) is 11.8 Å². The van der Waals surface area contributed by atoms with Crippen LogP contribution in [0.25, 0.3) is 21.7 Å². The number of hydrogen-bond acceptors (Lipinski definition) is 12. The molecule has 0 bridgehead atoms. The van der Waals surface area contributed by atoms with Crippen molar-refractivity contribution in [2.45, 2.75) is 133 Å². The van der Waals surface area contributed by atoms with Crippen molar-refractivity contribution in [3.05, 3.63) is 45.7 Å². The molecule has 10 nitrogen and oxygen atoms in total. The number of nitriles is 2. The molecule has 2 saturated carbocycles. The Bertz CT molecular complexity index is 1950. The van der Waals surface area contributed by atoms with E-state index in [1.54, 1.807) is 13.0 Å². The Morgan fingerprint density at radius 2 is 1.11 bits per heavy atom. The van der Waals surface area contributed by atoms with Gasteiger partial charge in [0.1, 0.15) is 11.6 Å². The highest BCUT2D eigenvalue weighted by Gasteiger charge is 2.36. The summed E-state index contributed by atoms with van der Waals surface area (Å²) in [5, 5.41) is 29.3. The van der Waals surface area contributed by atoms with Gasteiger partial charge in [0.25, 0.3) is 0 Å². The molecule has 55 heavy (non-hydrogen) atoms. The van der Waals surface area contributed by atoms with Gasteiger partial charge in [-0.1, -0.05) is 35.6 Å². The van der Waals surface area contributed by atoms with Crippen LogP contribution in [0.4, 0.5) is 29.2 Å². The highest BCUT2D eigenvalue weighted by molar-refractivity contribution is 9.09. The Morgan fingerprint density at radius 1 is 0.727 bits per heavy atom. The minimum Gasteiger partial charge on any atom is -0.367 e.